The number of carbonyl (C=O) groups is 3. The second-order valence-electron chi connectivity index (χ2n) is 6.42. The minimum Gasteiger partial charge on any atom is -0.462 e. The van der Waals surface area contributed by atoms with E-state index in [0.717, 1.165) is 5.52 Å². The summed E-state index contributed by atoms with van der Waals surface area (Å²) in [5.41, 5.74) is 2.85. The number of benzene rings is 2. The molecule has 0 fully saturated rings. The highest BCUT2D eigenvalue weighted by Gasteiger charge is 2.35. The molecular formula is C21H19N3O4S. The molecule has 0 aliphatic carbocycles. The quantitative estimate of drug-likeness (QED) is 0.352. The topological polar surface area (TPSA) is 81.5 Å². The van der Waals surface area contributed by atoms with Gasteiger partial charge in [-0.05, 0) is 44.2 Å². The van der Waals surface area contributed by atoms with Crippen LogP contribution in [-0.4, -0.2) is 44.7 Å². The number of hydrogen-bond acceptors (Lipinski definition) is 6. The Morgan fingerprint density at radius 1 is 1.07 bits per heavy atom. The molecule has 0 atom stereocenters. The normalized spacial score (nSPS) is 13.2. The van der Waals surface area contributed by atoms with Crippen LogP contribution >= 0.6 is 11.8 Å². The van der Waals surface area contributed by atoms with Gasteiger partial charge < -0.3 is 9.30 Å². The van der Waals surface area contributed by atoms with E-state index >= 15 is 0 Å². The molecule has 0 spiro atoms. The molecule has 0 saturated heterocycles. The van der Waals surface area contributed by atoms with Crippen molar-refractivity contribution < 1.29 is 19.1 Å². The number of imide groups is 1. The van der Waals surface area contributed by atoms with Crippen molar-refractivity contribution in [2.45, 2.75) is 25.5 Å². The fraction of sp³-hybridized carbons (Fsp3) is 0.238. The molecule has 0 unspecified atom stereocenters. The number of carbonyl (C=O) groups excluding carboxylic acids is 3. The SMILES string of the molecule is CCOC(=O)c1ccc2c(c1)nc(SCN1C(=O)c3ccccc3C1=O)n2CC. The molecule has 0 saturated carbocycles. The number of aryl methyl sites for hydroxylation is 1. The summed E-state index contributed by atoms with van der Waals surface area (Å²) in [5.74, 6) is -0.801. The van der Waals surface area contributed by atoms with Crippen LogP contribution in [0.1, 0.15) is 44.9 Å². The zero-order chi connectivity index (χ0) is 20.5. The van der Waals surface area contributed by atoms with Crippen molar-refractivity contribution in [3.8, 4) is 0 Å². The van der Waals surface area contributed by atoms with E-state index in [1.807, 2.05) is 17.6 Å². The highest BCUT2D eigenvalue weighted by Crippen LogP contribution is 2.29. The first kappa shape index (κ1) is 19.2. The molecule has 0 bridgehead atoms. The third kappa shape index (κ3) is 3.29. The molecule has 2 aromatic carbocycles. The summed E-state index contributed by atoms with van der Waals surface area (Å²) in [4.78, 5) is 42.9. The van der Waals surface area contributed by atoms with Crippen LogP contribution in [0.25, 0.3) is 11.0 Å². The van der Waals surface area contributed by atoms with Gasteiger partial charge in [0.1, 0.15) is 0 Å². The van der Waals surface area contributed by atoms with Crippen LogP contribution in [0.15, 0.2) is 47.6 Å². The number of hydrogen-bond donors (Lipinski definition) is 0. The van der Waals surface area contributed by atoms with E-state index in [0.29, 0.717) is 40.5 Å². The van der Waals surface area contributed by atoms with E-state index in [1.54, 1.807) is 43.3 Å². The van der Waals surface area contributed by atoms with Crippen molar-refractivity contribution in [1.82, 2.24) is 14.5 Å². The molecule has 1 aliphatic rings. The van der Waals surface area contributed by atoms with Crippen molar-refractivity contribution >= 4 is 40.6 Å². The lowest BCUT2D eigenvalue weighted by atomic mass is 10.1. The Balaban J connectivity index is 1.59. The van der Waals surface area contributed by atoms with Crippen molar-refractivity contribution in [2.75, 3.05) is 12.5 Å². The third-order valence-electron chi connectivity index (χ3n) is 4.74. The first-order valence-corrected chi connectivity index (χ1v) is 10.3. The average Bonchev–Trinajstić information content (AvgIpc) is 3.21. The van der Waals surface area contributed by atoms with Crippen LogP contribution in [-0.2, 0) is 11.3 Å². The molecule has 148 valence electrons. The first-order valence-electron chi connectivity index (χ1n) is 9.30. The third-order valence-corrected chi connectivity index (χ3v) is 5.70. The van der Waals surface area contributed by atoms with Gasteiger partial charge in [0, 0.05) is 6.54 Å². The van der Waals surface area contributed by atoms with E-state index in [2.05, 4.69) is 4.98 Å². The number of amides is 2. The van der Waals surface area contributed by atoms with Crippen LogP contribution in [0.4, 0.5) is 0 Å². The molecule has 4 rings (SSSR count). The summed E-state index contributed by atoms with van der Waals surface area (Å²) in [7, 11) is 0. The number of aromatic nitrogens is 2. The maximum Gasteiger partial charge on any atom is 0.338 e. The zero-order valence-corrected chi connectivity index (χ0v) is 16.9. The lowest BCUT2D eigenvalue weighted by molar-refractivity contribution is 0.0525. The summed E-state index contributed by atoms with van der Waals surface area (Å²) in [6.07, 6.45) is 0. The summed E-state index contributed by atoms with van der Waals surface area (Å²) in [6.45, 7) is 4.73. The minimum atomic E-state index is -0.388. The van der Waals surface area contributed by atoms with Crippen molar-refractivity contribution in [3.63, 3.8) is 0 Å². The van der Waals surface area contributed by atoms with E-state index in [4.69, 9.17) is 4.74 Å². The van der Waals surface area contributed by atoms with Crippen LogP contribution < -0.4 is 0 Å². The van der Waals surface area contributed by atoms with E-state index < -0.39 is 0 Å². The van der Waals surface area contributed by atoms with Gasteiger partial charge in [-0.2, -0.15) is 0 Å². The van der Waals surface area contributed by atoms with Crippen LogP contribution in [0, 0.1) is 0 Å². The Morgan fingerprint density at radius 2 is 1.76 bits per heavy atom. The Morgan fingerprint density at radius 3 is 2.38 bits per heavy atom. The average molecular weight is 409 g/mol. The van der Waals surface area contributed by atoms with Gasteiger partial charge in [0.2, 0.25) is 0 Å². The number of imidazole rings is 1. The summed E-state index contributed by atoms with van der Waals surface area (Å²) < 4.78 is 7.04. The van der Waals surface area contributed by atoms with Crippen molar-refractivity contribution in [1.29, 1.82) is 0 Å². The molecule has 0 radical (unpaired) electrons. The summed E-state index contributed by atoms with van der Waals surface area (Å²) >= 11 is 1.32. The molecule has 29 heavy (non-hydrogen) atoms. The van der Waals surface area contributed by atoms with Gasteiger partial charge in [-0.3, -0.25) is 14.5 Å². The maximum absolute atomic E-state index is 12.5. The van der Waals surface area contributed by atoms with Gasteiger partial charge in [0.15, 0.2) is 5.16 Å². The molecule has 2 amide bonds. The van der Waals surface area contributed by atoms with Crippen LogP contribution in [0.2, 0.25) is 0 Å². The smallest absolute Gasteiger partial charge is 0.338 e. The second kappa shape index (κ2) is 7.71. The van der Waals surface area contributed by atoms with E-state index in [-0.39, 0.29) is 23.7 Å². The molecule has 1 aliphatic heterocycles. The van der Waals surface area contributed by atoms with Gasteiger partial charge in [-0.25, -0.2) is 9.78 Å². The Hall–Kier alpha value is -3.13. The van der Waals surface area contributed by atoms with Gasteiger partial charge in [-0.1, -0.05) is 23.9 Å². The molecular weight excluding hydrogens is 390 g/mol. The molecule has 2 heterocycles. The van der Waals surface area contributed by atoms with E-state index in [9.17, 15) is 14.4 Å². The lowest BCUT2D eigenvalue weighted by Crippen LogP contribution is -2.29. The number of fused-ring (bicyclic) bond motifs is 2. The van der Waals surface area contributed by atoms with Gasteiger partial charge in [-0.15, -0.1) is 0 Å². The first-order chi connectivity index (χ1) is 14.0. The van der Waals surface area contributed by atoms with E-state index in [1.165, 1.54) is 16.7 Å². The summed E-state index contributed by atoms with van der Waals surface area (Å²) in [5, 5.41) is 0.681. The Bertz CT molecular complexity index is 1100. The molecule has 8 heteroatoms. The monoisotopic (exact) mass is 409 g/mol. The Labute approximate surface area is 171 Å². The van der Waals surface area contributed by atoms with Gasteiger partial charge in [0.25, 0.3) is 11.8 Å². The predicted octanol–water partition coefficient (Wildman–Crippen LogP) is 3.58. The lowest BCUT2D eigenvalue weighted by Gasteiger charge is -2.13. The second-order valence-corrected chi connectivity index (χ2v) is 7.33. The van der Waals surface area contributed by atoms with Crippen LogP contribution in [0.3, 0.4) is 0 Å². The van der Waals surface area contributed by atoms with Crippen molar-refractivity contribution in [2.24, 2.45) is 0 Å². The number of esters is 1. The maximum atomic E-state index is 12.5. The molecule has 0 N–H and O–H groups in total. The highest BCUT2D eigenvalue weighted by molar-refractivity contribution is 7.99. The standard InChI is InChI=1S/C21H19N3O4S/c1-3-23-17-10-9-13(20(27)28-4-2)11-16(17)22-21(23)29-12-24-18(25)14-7-5-6-8-15(14)19(24)26/h5-11H,3-4,12H2,1-2H3. The van der Waals surface area contributed by atoms with Gasteiger partial charge >= 0.3 is 5.97 Å². The van der Waals surface area contributed by atoms with Crippen LogP contribution in [0.5, 0.6) is 0 Å². The molecule has 7 nitrogen and oxygen atoms in total. The zero-order valence-electron chi connectivity index (χ0n) is 16.0. The summed E-state index contributed by atoms with van der Waals surface area (Å²) in [6, 6.07) is 12.1. The number of rotatable bonds is 6. The highest BCUT2D eigenvalue weighted by atomic mass is 32.2. The largest absolute Gasteiger partial charge is 0.462 e. The minimum absolute atomic E-state index is 0.167. The van der Waals surface area contributed by atoms with Gasteiger partial charge in [0.05, 0.1) is 40.2 Å². The Kier molecular flexibility index (Phi) is 5.10. The number of thioether (sulfide) groups is 1. The molecule has 3 aromatic rings. The molecule has 1 aromatic heterocycles. The fourth-order valence-corrected chi connectivity index (χ4v) is 4.37. The number of nitrogens with zero attached hydrogens (tertiary/aromatic N) is 3. The van der Waals surface area contributed by atoms with Crippen molar-refractivity contribution in [3.05, 3.63) is 59.2 Å². The predicted molar refractivity (Wildman–Crippen MR) is 109 cm³/mol. The fourth-order valence-electron chi connectivity index (χ4n) is 3.34. The number of ether oxygens (including phenoxy) is 1.